The van der Waals surface area contributed by atoms with Gasteiger partial charge in [-0.25, -0.2) is 0 Å². The molecule has 0 spiro atoms. The normalized spacial score (nSPS) is 10.9. The van der Waals surface area contributed by atoms with Crippen molar-refractivity contribution in [2.45, 2.75) is 33.9 Å². The standard InChI is InChI=1S/C29H30N2O4/c1-5-35-24-14-12-21(13-15-24)29(33)31(17-22-8-6-7-9-26(22)34-4)18-23-16-25-19(2)10-11-20(3)27(25)30-28(23)32/h6-16H,5,17-18H2,1-4H3,(H,30,32). The second-order valence-corrected chi connectivity index (χ2v) is 8.54. The van der Waals surface area contributed by atoms with Crippen molar-refractivity contribution in [1.82, 2.24) is 9.88 Å². The van der Waals surface area contributed by atoms with Gasteiger partial charge in [-0.3, -0.25) is 9.59 Å². The highest BCUT2D eigenvalue weighted by molar-refractivity contribution is 5.94. The number of rotatable bonds is 8. The van der Waals surface area contributed by atoms with E-state index in [9.17, 15) is 9.59 Å². The molecule has 4 aromatic rings. The fourth-order valence-corrected chi connectivity index (χ4v) is 4.22. The highest BCUT2D eigenvalue weighted by Gasteiger charge is 2.20. The first kappa shape index (κ1) is 24.1. The number of methoxy groups -OCH3 is 1. The van der Waals surface area contributed by atoms with E-state index in [1.165, 1.54) is 0 Å². The molecule has 0 unspecified atom stereocenters. The molecule has 0 aliphatic rings. The van der Waals surface area contributed by atoms with Crippen LogP contribution in [0.4, 0.5) is 0 Å². The van der Waals surface area contributed by atoms with E-state index in [-0.39, 0.29) is 18.0 Å². The molecular formula is C29H30N2O4. The molecule has 4 rings (SSSR count). The van der Waals surface area contributed by atoms with Gasteiger partial charge in [0, 0.05) is 28.6 Å². The Balaban J connectivity index is 1.74. The second-order valence-electron chi connectivity index (χ2n) is 8.54. The molecule has 0 aliphatic heterocycles. The van der Waals surface area contributed by atoms with Gasteiger partial charge in [-0.05, 0) is 68.3 Å². The van der Waals surface area contributed by atoms with E-state index >= 15 is 0 Å². The molecule has 0 saturated heterocycles. The molecular weight excluding hydrogens is 440 g/mol. The van der Waals surface area contributed by atoms with Gasteiger partial charge in [0.1, 0.15) is 11.5 Å². The van der Waals surface area contributed by atoms with Crippen LogP contribution in [0.15, 0.2) is 71.5 Å². The number of aryl methyl sites for hydroxylation is 2. The van der Waals surface area contributed by atoms with Crippen LogP contribution in [0.2, 0.25) is 0 Å². The van der Waals surface area contributed by atoms with Gasteiger partial charge in [-0.15, -0.1) is 0 Å². The summed E-state index contributed by atoms with van der Waals surface area (Å²) >= 11 is 0. The molecule has 3 aromatic carbocycles. The Morgan fingerprint density at radius 2 is 1.60 bits per heavy atom. The predicted octanol–water partition coefficient (Wildman–Crippen LogP) is 5.39. The van der Waals surface area contributed by atoms with E-state index in [1.54, 1.807) is 36.3 Å². The zero-order chi connectivity index (χ0) is 24.9. The number of nitrogens with one attached hydrogen (secondary N) is 1. The average Bonchev–Trinajstić information content (AvgIpc) is 2.87. The summed E-state index contributed by atoms with van der Waals surface area (Å²) < 4.78 is 11.0. The molecule has 1 aromatic heterocycles. The number of carbonyl (C=O) groups excluding carboxylic acids is 1. The first-order valence-corrected chi connectivity index (χ1v) is 11.7. The summed E-state index contributed by atoms with van der Waals surface area (Å²) in [7, 11) is 1.61. The van der Waals surface area contributed by atoms with Crippen molar-refractivity contribution in [2.24, 2.45) is 0 Å². The number of aromatic amines is 1. The number of para-hydroxylation sites is 1. The lowest BCUT2D eigenvalue weighted by Gasteiger charge is -2.24. The summed E-state index contributed by atoms with van der Waals surface area (Å²) in [6.07, 6.45) is 0. The molecule has 1 heterocycles. The van der Waals surface area contributed by atoms with Crippen molar-refractivity contribution in [3.8, 4) is 11.5 Å². The van der Waals surface area contributed by atoms with Gasteiger partial charge < -0.3 is 19.4 Å². The lowest BCUT2D eigenvalue weighted by atomic mass is 10.0. The summed E-state index contributed by atoms with van der Waals surface area (Å²) in [6, 6.07) is 20.6. The maximum Gasteiger partial charge on any atom is 0.254 e. The van der Waals surface area contributed by atoms with Gasteiger partial charge in [0.25, 0.3) is 11.5 Å². The lowest BCUT2D eigenvalue weighted by molar-refractivity contribution is 0.0728. The number of H-pyrrole nitrogens is 1. The number of benzene rings is 3. The minimum Gasteiger partial charge on any atom is -0.496 e. The Kier molecular flexibility index (Phi) is 7.20. The number of hydrogen-bond acceptors (Lipinski definition) is 4. The highest BCUT2D eigenvalue weighted by atomic mass is 16.5. The van der Waals surface area contributed by atoms with Crippen molar-refractivity contribution in [1.29, 1.82) is 0 Å². The van der Waals surface area contributed by atoms with Crippen LogP contribution >= 0.6 is 0 Å². The Morgan fingerprint density at radius 3 is 2.31 bits per heavy atom. The van der Waals surface area contributed by atoms with Crippen LogP contribution in [-0.4, -0.2) is 29.5 Å². The zero-order valence-corrected chi connectivity index (χ0v) is 20.6. The molecule has 0 radical (unpaired) electrons. The molecule has 6 nitrogen and oxygen atoms in total. The molecule has 0 bridgehead atoms. The molecule has 35 heavy (non-hydrogen) atoms. The third-order valence-corrected chi connectivity index (χ3v) is 6.14. The van der Waals surface area contributed by atoms with Gasteiger partial charge in [-0.1, -0.05) is 30.3 Å². The Morgan fingerprint density at radius 1 is 0.914 bits per heavy atom. The van der Waals surface area contributed by atoms with Gasteiger partial charge in [0.05, 0.1) is 25.8 Å². The van der Waals surface area contributed by atoms with Gasteiger partial charge in [0.15, 0.2) is 0 Å². The molecule has 0 saturated carbocycles. The number of nitrogens with zero attached hydrogens (tertiary/aromatic N) is 1. The third-order valence-electron chi connectivity index (χ3n) is 6.14. The van der Waals surface area contributed by atoms with E-state index in [0.29, 0.717) is 35.8 Å². The van der Waals surface area contributed by atoms with Crippen molar-refractivity contribution in [2.75, 3.05) is 13.7 Å². The lowest BCUT2D eigenvalue weighted by Crippen LogP contribution is -2.32. The zero-order valence-electron chi connectivity index (χ0n) is 20.6. The van der Waals surface area contributed by atoms with E-state index in [1.807, 2.05) is 63.2 Å². The number of ether oxygens (including phenoxy) is 2. The minimum atomic E-state index is -0.198. The fourth-order valence-electron chi connectivity index (χ4n) is 4.22. The summed E-state index contributed by atoms with van der Waals surface area (Å²) in [5, 5.41) is 0.977. The largest absolute Gasteiger partial charge is 0.496 e. The monoisotopic (exact) mass is 470 g/mol. The quantitative estimate of drug-likeness (QED) is 0.375. The van der Waals surface area contributed by atoms with Gasteiger partial charge in [0.2, 0.25) is 0 Å². The van der Waals surface area contributed by atoms with Crippen LogP contribution in [0.5, 0.6) is 11.5 Å². The average molecular weight is 471 g/mol. The highest BCUT2D eigenvalue weighted by Crippen LogP contribution is 2.24. The van der Waals surface area contributed by atoms with Crippen molar-refractivity contribution < 1.29 is 14.3 Å². The fraction of sp³-hybridized carbons (Fsp3) is 0.241. The Hall–Kier alpha value is -4.06. The molecule has 1 N–H and O–H groups in total. The van der Waals surface area contributed by atoms with Crippen LogP contribution < -0.4 is 15.0 Å². The Labute approximate surface area is 205 Å². The van der Waals surface area contributed by atoms with Crippen molar-refractivity contribution >= 4 is 16.8 Å². The second kappa shape index (κ2) is 10.5. The summed E-state index contributed by atoms with van der Waals surface area (Å²) in [5.74, 6) is 1.22. The minimum absolute atomic E-state index is 0.156. The van der Waals surface area contributed by atoms with Crippen LogP contribution in [0, 0.1) is 13.8 Å². The first-order valence-electron chi connectivity index (χ1n) is 11.7. The van der Waals surface area contributed by atoms with Gasteiger partial charge >= 0.3 is 0 Å². The Bertz CT molecular complexity index is 1410. The van der Waals surface area contributed by atoms with E-state index in [0.717, 1.165) is 27.6 Å². The predicted molar refractivity (Wildman–Crippen MR) is 138 cm³/mol. The number of fused-ring (bicyclic) bond motifs is 1. The third kappa shape index (κ3) is 5.22. The number of hydrogen-bond donors (Lipinski definition) is 1. The number of aromatic nitrogens is 1. The SMILES string of the molecule is CCOc1ccc(C(=O)N(Cc2ccccc2OC)Cc2cc3c(C)ccc(C)c3[nH]c2=O)cc1. The maximum absolute atomic E-state index is 13.7. The molecule has 0 aliphatic carbocycles. The van der Waals surface area contributed by atoms with E-state index in [4.69, 9.17) is 9.47 Å². The number of pyridine rings is 1. The first-order chi connectivity index (χ1) is 16.9. The van der Waals surface area contributed by atoms with E-state index in [2.05, 4.69) is 4.98 Å². The summed E-state index contributed by atoms with van der Waals surface area (Å²) in [6.45, 7) is 6.90. The van der Waals surface area contributed by atoms with Crippen LogP contribution in [0.3, 0.4) is 0 Å². The molecule has 6 heteroatoms. The van der Waals surface area contributed by atoms with Crippen LogP contribution in [0.1, 0.15) is 39.5 Å². The maximum atomic E-state index is 13.7. The summed E-state index contributed by atoms with van der Waals surface area (Å²) in [4.78, 5) is 31.4. The topological polar surface area (TPSA) is 71.6 Å². The molecule has 1 amide bonds. The van der Waals surface area contributed by atoms with Crippen LogP contribution in [-0.2, 0) is 13.1 Å². The number of carbonyl (C=O) groups is 1. The smallest absolute Gasteiger partial charge is 0.254 e. The van der Waals surface area contributed by atoms with Crippen molar-refractivity contribution in [3.05, 3.63) is 105 Å². The van der Waals surface area contributed by atoms with Crippen molar-refractivity contribution in [3.63, 3.8) is 0 Å². The number of amides is 1. The van der Waals surface area contributed by atoms with Gasteiger partial charge in [-0.2, -0.15) is 0 Å². The molecule has 180 valence electrons. The van der Waals surface area contributed by atoms with Crippen LogP contribution in [0.25, 0.3) is 10.9 Å². The summed E-state index contributed by atoms with van der Waals surface area (Å²) in [5.41, 5.74) is 4.61. The molecule has 0 atom stereocenters. The van der Waals surface area contributed by atoms with E-state index < -0.39 is 0 Å². The molecule has 0 fully saturated rings.